The molecule has 184 valence electrons. The van der Waals surface area contributed by atoms with E-state index in [0.717, 1.165) is 13.1 Å². The van der Waals surface area contributed by atoms with Gasteiger partial charge in [0, 0.05) is 44.5 Å². The maximum absolute atomic E-state index is 13.3. The Morgan fingerprint density at radius 2 is 1.57 bits per heavy atom. The molecule has 0 aliphatic carbocycles. The number of carbonyl (C=O) groups excluding carboxylic acids is 1. The first-order valence-corrected chi connectivity index (χ1v) is 13.0. The van der Waals surface area contributed by atoms with Crippen molar-refractivity contribution in [3.63, 3.8) is 0 Å². The van der Waals surface area contributed by atoms with Crippen molar-refractivity contribution >= 4 is 27.3 Å². The molecule has 1 saturated heterocycles. The Morgan fingerprint density at radius 1 is 0.914 bits per heavy atom. The molecule has 0 radical (unpaired) electrons. The van der Waals surface area contributed by atoms with Crippen LogP contribution in [-0.2, 0) is 10.0 Å². The summed E-state index contributed by atoms with van der Waals surface area (Å²) in [6.45, 7) is 6.84. The highest BCUT2D eigenvalue weighted by Crippen LogP contribution is 2.26. The van der Waals surface area contributed by atoms with Crippen molar-refractivity contribution in [2.24, 2.45) is 0 Å². The van der Waals surface area contributed by atoms with E-state index in [4.69, 9.17) is 4.74 Å². The van der Waals surface area contributed by atoms with E-state index in [-0.39, 0.29) is 10.8 Å². The number of hydrogen-bond acceptors (Lipinski definition) is 5. The number of carbonyl (C=O) groups is 1. The van der Waals surface area contributed by atoms with Crippen molar-refractivity contribution in [3.05, 3.63) is 83.4 Å². The van der Waals surface area contributed by atoms with Crippen LogP contribution in [0.4, 0.5) is 11.4 Å². The monoisotopic (exact) mass is 493 g/mol. The molecule has 0 aromatic heterocycles. The molecule has 3 aromatic rings. The lowest BCUT2D eigenvalue weighted by atomic mass is 10.1. The Kier molecular flexibility index (Phi) is 7.03. The van der Waals surface area contributed by atoms with Crippen LogP contribution in [0.3, 0.4) is 0 Å². The molecule has 0 atom stereocenters. The number of sulfonamides is 1. The summed E-state index contributed by atoms with van der Waals surface area (Å²) in [5, 5.41) is 0. The number of hydrogen-bond donors (Lipinski definition) is 0. The Labute approximate surface area is 207 Å². The third kappa shape index (κ3) is 4.98. The van der Waals surface area contributed by atoms with Gasteiger partial charge in [0.25, 0.3) is 15.9 Å². The van der Waals surface area contributed by atoms with E-state index in [1.54, 1.807) is 48.4 Å². The highest BCUT2D eigenvalue weighted by Gasteiger charge is 2.26. The van der Waals surface area contributed by atoms with Gasteiger partial charge in [-0.3, -0.25) is 9.10 Å². The summed E-state index contributed by atoms with van der Waals surface area (Å²) in [6.07, 6.45) is 0. The second-order valence-corrected chi connectivity index (χ2v) is 10.7. The summed E-state index contributed by atoms with van der Waals surface area (Å²) in [6, 6.07) is 19.3. The average Bonchev–Trinajstić information content (AvgIpc) is 2.89. The van der Waals surface area contributed by atoms with Gasteiger partial charge >= 0.3 is 0 Å². The van der Waals surface area contributed by atoms with Crippen molar-refractivity contribution in [2.75, 3.05) is 49.5 Å². The van der Waals surface area contributed by atoms with Gasteiger partial charge in [0.05, 0.1) is 17.7 Å². The molecule has 35 heavy (non-hydrogen) atoms. The summed E-state index contributed by atoms with van der Waals surface area (Å²) in [5.74, 6) is 0.486. The van der Waals surface area contributed by atoms with Crippen LogP contribution in [0.1, 0.15) is 21.5 Å². The smallest absolute Gasteiger partial charge is 0.264 e. The topological polar surface area (TPSA) is 70.2 Å². The Hall–Kier alpha value is -3.52. The molecule has 0 N–H and O–H groups in total. The summed E-state index contributed by atoms with van der Waals surface area (Å²) >= 11 is 0. The van der Waals surface area contributed by atoms with E-state index >= 15 is 0 Å². The normalized spacial score (nSPS) is 14.1. The summed E-state index contributed by atoms with van der Waals surface area (Å²) in [4.78, 5) is 17.4. The highest BCUT2D eigenvalue weighted by molar-refractivity contribution is 7.92. The molecule has 1 aliphatic rings. The van der Waals surface area contributed by atoms with E-state index in [1.165, 1.54) is 40.3 Å². The van der Waals surface area contributed by atoms with Crippen LogP contribution in [0.5, 0.6) is 5.75 Å². The zero-order chi connectivity index (χ0) is 25.2. The minimum Gasteiger partial charge on any atom is -0.497 e. The molecular weight excluding hydrogens is 462 g/mol. The molecule has 4 rings (SSSR count). The number of nitrogens with zero attached hydrogens (tertiary/aromatic N) is 3. The standard InChI is InChI=1S/C27H31N3O4S/c1-20-7-5-10-26(21(20)2)29-15-17-30(18-16-29)27(31)22-8-6-9-25(19-22)35(32,33)28(3)23-11-13-24(34-4)14-12-23/h5-14,19H,15-18H2,1-4H3. The summed E-state index contributed by atoms with van der Waals surface area (Å²) in [5.41, 5.74) is 4.58. The molecule has 0 spiro atoms. The molecule has 0 unspecified atom stereocenters. The minimum atomic E-state index is -3.84. The van der Waals surface area contributed by atoms with E-state index in [9.17, 15) is 13.2 Å². The Bertz CT molecular complexity index is 1310. The number of methoxy groups -OCH3 is 1. The summed E-state index contributed by atoms with van der Waals surface area (Å²) < 4.78 is 32.9. The van der Waals surface area contributed by atoms with Crippen LogP contribution in [0.2, 0.25) is 0 Å². The predicted molar refractivity (Wildman–Crippen MR) is 139 cm³/mol. The van der Waals surface area contributed by atoms with Crippen molar-refractivity contribution < 1.29 is 17.9 Å². The van der Waals surface area contributed by atoms with Crippen LogP contribution >= 0.6 is 0 Å². The van der Waals surface area contributed by atoms with Gasteiger partial charge in [-0.15, -0.1) is 0 Å². The fourth-order valence-electron chi connectivity index (χ4n) is 4.29. The summed E-state index contributed by atoms with van der Waals surface area (Å²) in [7, 11) is -0.783. The maximum atomic E-state index is 13.3. The largest absolute Gasteiger partial charge is 0.497 e. The van der Waals surface area contributed by atoms with Gasteiger partial charge < -0.3 is 14.5 Å². The van der Waals surface area contributed by atoms with Gasteiger partial charge in [0.15, 0.2) is 0 Å². The van der Waals surface area contributed by atoms with Gasteiger partial charge in [-0.05, 0) is 73.5 Å². The first kappa shape index (κ1) is 24.6. The van der Waals surface area contributed by atoms with Crippen LogP contribution in [0.25, 0.3) is 0 Å². The van der Waals surface area contributed by atoms with Gasteiger partial charge in [-0.2, -0.15) is 0 Å². The first-order valence-electron chi connectivity index (χ1n) is 11.6. The lowest BCUT2D eigenvalue weighted by molar-refractivity contribution is 0.0746. The number of benzene rings is 3. The van der Waals surface area contributed by atoms with Crippen molar-refractivity contribution in [1.82, 2.24) is 4.90 Å². The zero-order valence-electron chi connectivity index (χ0n) is 20.6. The van der Waals surface area contributed by atoms with Gasteiger partial charge in [0.2, 0.25) is 0 Å². The van der Waals surface area contributed by atoms with Crippen LogP contribution < -0.4 is 13.9 Å². The lowest BCUT2D eigenvalue weighted by Gasteiger charge is -2.37. The highest BCUT2D eigenvalue weighted by atomic mass is 32.2. The van der Waals surface area contributed by atoms with E-state index in [1.807, 2.05) is 0 Å². The van der Waals surface area contributed by atoms with Gasteiger partial charge in [-0.25, -0.2) is 8.42 Å². The first-order chi connectivity index (χ1) is 16.7. The number of piperazine rings is 1. The van der Waals surface area contributed by atoms with Crippen molar-refractivity contribution in [3.8, 4) is 5.75 Å². The van der Waals surface area contributed by atoms with Crippen molar-refractivity contribution in [1.29, 1.82) is 0 Å². The zero-order valence-corrected chi connectivity index (χ0v) is 21.4. The van der Waals surface area contributed by atoms with Crippen LogP contribution in [-0.4, -0.2) is 59.6 Å². The van der Waals surface area contributed by atoms with E-state index in [2.05, 4.69) is 36.9 Å². The second-order valence-electron chi connectivity index (χ2n) is 8.70. The second kappa shape index (κ2) is 10.00. The Balaban J connectivity index is 1.48. The van der Waals surface area contributed by atoms with Gasteiger partial charge in [-0.1, -0.05) is 18.2 Å². The predicted octanol–water partition coefficient (Wildman–Crippen LogP) is 4.10. The fraction of sp³-hybridized carbons (Fsp3) is 0.296. The maximum Gasteiger partial charge on any atom is 0.264 e. The molecule has 8 heteroatoms. The molecule has 1 aliphatic heterocycles. The third-order valence-electron chi connectivity index (χ3n) is 6.66. The quantitative estimate of drug-likeness (QED) is 0.517. The van der Waals surface area contributed by atoms with Gasteiger partial charge in [0.1, 0.15) is 5.75 Å². The molecule has 3 aromatic carbocycles. The third-order valence-corrected chi connectivity index (χ3v) is 8.44. The number of amides is 1. The molecule has 1 heterocycles. The molecule has 1 fully saturated rings. The van der Waals surface area contributed by atoms with E-state index < -0.39 is 10.0 Å². The SMILES string of the molecule is COc1ccc(N(C)S(=O)(=O)c2cccc(C(=O)N3CCN(c4cccc(C)c4C)CC3)c2)cc1. The number of rotatable bonds is 6. The number of anilines is 2. The fourth-order valence-corrected chi connectivity index (χ4v) is 5.53. The molecule has 1 amide bonds. The average molecular weight is 494 g/mol. The molecule has 0 bridgehead atoms. The minimum absolute atomic E-state index is 0.0793. The van der Waals surface area contributed by atoms with Crippen molar-refractivity contribution in [2.45, 2.75) is 18.7 Å². The molecule has 7 nitrogen and oxygen atoms in total. The number of aryl methyl sites for hydroxylation is 1. The Morgan fingerprint density at radius 3 is 2.23 bits per heavy atom. The number of ether oxygens (including phenoxy) is 1. The van der Waals surface area contributed by atoms with Crippen LogP contribution in [0, 0.1) is 13.8 Å². The molecular formula is C27H31N3O4S. The molecule has 0 saturated carbocycles. The lowest BCUT2D eigenvalue weighted by Crippen LogP contribution is -2.49. The van der Waals surface area contributed by atoms with E-state index in [0.29, 0.717) is 30.1 Å². The van der Waals surface area contributed by atoms with Crippen LogP contribution in [0.15, 0.2) is 71.6 Å².